The first-order valence-electron chi connectivity index (χ1n) is 10.2. The van der Waals surface area contributed by atoms with Gasteiger partial charge in [0.1, 0.15) is 18.5 Å². The van der Waals surface area contributed by atoms with Crippen molar-refractivity contribution in [2.45, 2.75) is 32.9 Å². The number of nitrogens with zero attached hydrogens (tertiary/aromatic N) is 4. The lowest BCUT2D eigenvalue weighted by atomic mass is 10.1. The van der Waals surface area contributed by atoms with Crippen LogP contribution in [0.2, 0.25) is 5.02 Å². The molecule has 1 aromatic carbocycles. The number of rotatable bonds is 9. The van der Waals surface area contributed by atoms with Crippen LogP contribution in [0.4, 0.5) is 5.82 Å². The number of pyridine rings is 1. The predicted octanol–water partition coefficient (Wildman–Crippen LogP) is 3.31. The molecule has 0 radical (unpaired) electrons. The van der Waals surface area contributed by atoms with Gasteiger partial charge in [-0.05, 0) is 45.0 Å². The second-order valence-electron chi connectivity index (χ2n) is 7.67. The Morgan fingerprint density at radius 2 is 1.94 bits per heavy atom. The van der Waals surface area contributed by atoms with Crippen LogP contribution in [0.25, 0.3) is 22.8 Å². The normalized spacial score (nSPS) is 12.2. The highest BCUT2D eigenvalue weighted by Crippen LogP contribution is 2.39. The first-order chi connectivity index (χ1) is 15.2. The fourth-order valence-electron chi connectivity index (χ4n) is 2.91. The summed E-state index contributed by atoms with van der Waals surface area (Å²) in [7, 11) is 3.48. The average Bonchev–Trinajstić information content (AvgIpc) is 3.26. The summed E-state index contributed by atoms with van der Waals surface area (Å²) in [5, 5.41) is 14.0. The molecule has 32 heavy (non-hydrogen) atoms. The van der Waals surface area contributed by atoms with E-state index in [0.29, 0.717) is 28.8 Å². The SMILES string of the molecule is COc1cc(-c2noc(-c3cc(C)nc(N(C)C(C)C)c3)n2)cc(Cl)c1OC[C@H](O)CN. The Morgan fingerprint density at radius 1 is 1.19 bits per heavy atom. The van der Waals surface area contributed by atoms with Crippen LogP contribution >= 0.6 is 11.6 Å². The molecule has 3 rings (SSSR count). The van der Waals surface area contributed by atoms with Crippen LogP contribution < -0.4 is 20.1 Å². The summed E-state index contributed by atoms with van der Waals surface area (Å²) in [6, 6.07) is 7.44. The molecule has 2 heterocycles. The van der Waals surface area contributed by atoms with Crippen molar-refractivity contribution in [3.05, 3.63) is 35.0 Å². The number of hydrogen-bond donors (Lipinski definition) is 2. The third kappa shape index (κ3) is 5.29. The van der Waals surface area contributed by atoms with E-state index in [-0.39, 0.29) is 24.2 Å². The van der Waals surface area contributed by atoms with Crippen LogP contribution in [-0.2, 0) is 0 Å². The minimum Gasteiger partial charge on any atom is -0.493 e. The monoisotopic (exact) mass is 461 g/mol. The molecular weight excluding hydrogens is 434 g/mol. The summed E-state index contributed by atoms with van der Waals surface area (Å²) in [4.78, 5) is 11.2. The topological polar surface area (TPSA) is 120 Å². The van der Waals surface area contributed by atoms with Crippen molar-refractivity contribution in [3.8, 4) is 34.3 Å². The van der Waals surface area contributed by atoms with Gasteiger partial charge in [0.2, 0.25) is 5.82 Å². The first-order valence-corrected chi connectivity index (χ1v) is 10.6. The molecule has 172 valence electrons. The van der Waals surface area contributed by atoms with Gasteiger partial charge in [0.05, 0.1) is 12.1 Å². The maximum absolute atomic E-state index is 9.65. The summed E-state index contributed by atoms with van der Waals surface area (Å²) >= 11 is 6.40. The van der Waals surface area contributed by atoms with E-state index >= 15 is 0 Å². The van der Waals surface area contributed by atoms with Gasteiger partial charge in [-0.15, -0.1) is 0 Å². The number of nitrogens with two attached hydrogens (primary N) is 1. The Balaban J connectivity index is 1.92. The van der Waals surface area contributed by atoms with E-state index in [2.05, 4.69) is 33.9 Å². The molecule has 1 atom stereocenters. The Kier molecular flexibility index (Phi) is 7.55. The second kappa shape index (κ2) is 10.2. The number of ether oxygens (including phenoxy) is 2. The van der Waals surface area contributed by atoms with E-state index in [1.807, 2.05) is 26.1 Å². The molecule has 0 aliphatic rings. The quantitative estimate of drug-likeness (QED) is 0.494. The van der Waals surface area contributed by atoms with Crippen molar-refractivity contribution in [2.24, 2.45) is 5.73 Å². The van der Waals surface area contributed by atoms with Crippen LogP contribution in [0.1, 0.15) is 19.5 Å². The fraction of sp³-hybridized carbons (Fsp3) is 0.409. The third-order valence-electron chi connectivity index (χ3n) is 4.93. The summed E-state index contributed by atoms with van der Waals surface area (Å²) in [6.07, 6.45) is -0.807. The molecule has 0 bridgehead atoms. The molecule has 0 aliphatic carbocycles. The zero-order valence-electron chi connectivity index (χ0n) is 18.8. The van der Waals surface area contributed by atoms with Crippen molar-refractivity contribution in [2.75, 3.05) is 32.2 Å². The number of benzene rings is 1. The van der Waals surface area contributed by atoms with Crippen LogP contribution in [-0.4, -0.2) is 59.7 Å². The highest BCUT2D eigenvalue weighted by Gasteiger charge is 2.19. The van der Waals surface area contributed by atoms with Crippen LogP contribution in [0.15, 0.2) is 28.8 Å². The highest BCUT2D eigenvalue weighted by molar-refractivity contribution is 6.32. The lowest BCUT2D eigenvalue weighted by Gasteiger charge is -2.23. The lowest BCUT2D eigenvalue weighted by Crippen LogP contribution is -2.26. The smallest absolute Gasteiger partial charge is 0.258 e. The number of hydrogen-bond acceptors (Lipinski definition) is 9. The van der Waals surface area contributed by atoms with Gasteiger partial charge in [-0.1, -0.05) is 16.8 Å². The van der Waals surface area contributed by atoms with Crippen molar-refractivity contribution in [1.29, 1.82) is 0 Å². The molecule has 9 nitrogen and oxygen atoms in total. The van der Waals surface area contributed by atoms with E-state index in [0.717, 1.165) is 17.1 Å². The first kappa shape index (κ1) is 23.8. The molecule has 0 spiro atoms. The van der Waals surface area contributed by atoms with Gasteiger partial charge in [-0.3, -0.25) is 0 Å². The van der Waals surface area contributed by atoms with Crippen molar-refractivity contribution >= 4 is 17.4 Å². The molecule has 0 saturated heterocycles. The van der Waals surface area contributed by atoms with Crippen LogP contribution in [0.5, 0.6) is 11.5 Å². The van der Waals surface area contributed by atoms with E-state index in [1.165, 1.54) is 7.11 Å². The average molecular weight is 462 g/mol. The Morgan fingerprint density at radius 3 is 2.59 bits per heavy atom. The van der Waals surface area contributed by atoms with Gasteiger partial charge in [0.15, 0.2) is 11.5 Å². The molecule has 3 N–H and O–H groups in total. The van der Waals surface area contributed by atoms with Crippen LogP contribution in [0.3, 0.4) is 0 Å². The van der Waals surface area contributed by atoms with Crippen molar-refractivity contribution in [3.63, 3.8) is 0 Å². The number of methoxy groups -OCH3 is 1. The summed E-state index contributed by atoms with van der Waals surface area (Å²) < 4.78 is 16.5. The van der Waals surface area contributed by atoms with Crippen LogP contribution in [0, 0.1) is 6.92 Å². The lowest BCUT2D eigenvalue weighted by molar-refractivity contribution is 0.112. The zero-order valence-corrected chi connectivity index (χ0v) is 19.6. The van der Waals surface area contributed by atoms with Gasteiger partial charge >= 0.3 is 0 Å². The standard InChI is InChI=1S/C22H28ClN5O4/c1-12(2)28(4)19-9-15(6-13(3)25-19)22-26-21(27-32-22)14-7-17(23)20(18(8-14)30-5)31-11-16(29)10-24/h6-9,12,16,29H,10-11,24H2,1-5H3/t16-/m1/s1. The molecule has 2 aromatic heterocycles. The van der Waals surface area contributed by atoms with Crippen molar-refractivity contribution in [1.82, 2.24) is 15.1 Å². The van der Waals surface area contributed by atoms with Gasteiger partial charge in [-0.25, -0.2) is 4.98 Å². The largest absolute Gasteiger partial charge is 0.493 e. The number of anilines is 1. The molecule has 0 aliphatic heterocycles. The third-order valence-corrected chi connectivity index (χ3v) is 5.21. The molecule has 0 amide bonds. The number of aliphatic hydroxyl groups excluding tert-OH is 1. The molecular formula is C22H28ClN5O4. The van der Waals surface area contributed by atoms with Gasteiger partial charge < -0.3 is 29.7 Å². The molecule has 0 fully saturated rings. The van der Waals surface area contributed by atoms with Gasteiger partial charge in [-0.2, -0.15) is 4.98 Å². The second-order valence-corrected chi connectivity index (χ2v) is 8.08. The zero-order chi connectivity index (χ0) is 23.4. The Hall–Kier alpha value is -2.88. The van der Waals surface area contributed by atoms with E-state index in [9.17, 15) is 5.11 Å². The summed E-state index contributed by atoms with van der Waals surface area (Å²) in [6.45, 7) is 6.18. The minimum atomic E-state index is -0.807. The highest BCUT2D eigenvalue weighted by atomic mass is 35.5. The maximum atomic E-state index is 9.65. The minimum absolute atomic E-state index is 0.00711. The van der Waals surface area contributed by atoms with Crippen molar-refractivity contribution < 1.29 is 19.1 Å². The number of aliphatic hydroxyl groups is 1. The number of halogens is 1. The van der Waals surface area contributed by atoms with E-state index in [1.54, 1.807) is 12.1 Å². The van der Waals surface area contributed by atoms with E-state index in [4.69, 9.17) is 31.3 Å². The molecule has 0 unspecified atom stereocenters. The summed E-state index contributed by atoms with van der Waals surface area (Å²) in [5.74, 6) is 2.22. The molecule has 10 heteroatoms. The number of aryl methyl sites for hydroxylation is 1. The number of aromatic nitrogens is 3. The molecule has 0 saturated carbocycles. The maximum Gasteiger partial charge on any atom is 0.258 e. The summed E-state index contributed by atoms with van der Waals surface area (Å²) in [5.41, 5.74) is 7.63. The predicted molar refractivity (Wildman–Crippen MR) is 123 cm³/mol. The van der Waals surface area contributed by atoms with Gasteiger partial charge in [0.25, 0.3) is 5.89 Å². The molecule has 3 aromatic rings. The van der Waals surface area contributed by atoms with E-state index < -0.39 is 6.10 Å². The van der Waals surface area contributed by atoms with Gasteiger partial charge in [0, 0.05) is 36.5 Å². The Bertz CT molecular complexity index is 1070. The fourth-order valence-corrected chi connectivity index (χ4v) is 3.18. The Labute approximate surface area is 192 Å².